The molecule has 0 nitrogen and oxygen atoms in total. The standard InChI is InChI=1S/C25H27BrP.BrH/c26-21-13-2-1-3-14-22-27(23-15-7-4-8-16-23,24-17-9-5-10-18-24)25-19-11-6-12-20-25;/h3-12,14-20H,1-2,13,21-22H2;1H/q+1;/p-1. The van der Waals surface area contributed by atoms with E-state index in [4.69, 9.17) is 0 Å². The molecule has 0 aromatic heterocycles. The average molecular weight is 518 g/mol. The molecule has 0 saturated heterocycles. The summed E-state index contributed by atoms with van der Waals surface area (Å²) in [6.45, 7) is 0. The Balaban J connectivity index is 0.00000280. The normalized spacial score (nSPS) is 11.3. The van der Waals surface area contributed by atoms with Crippen molar-refractivity contribution in [3.63, 3.8) is 0 Å². The Morgan fingerprint density at radius 3 is 1.43 bits per heavy atom. The molecule has 3 heteroatoms. The van der Waals surface area contributed by atoms with Crippen LogP contribution in [0.1, 0.15) is 19.3 Å². The maximum absolute atomic E-state index is 3.52. The van der Waals surface area contributed by atoms with Crippen LogP contribution in [0, 0.1) is 0 Å². The highest BCUT2D eigenvalue weighted by Gasteiger charge is 2.43. The summed E-state index contributed by atoms with van der Waals surface area (Å²) in [6.07, 6.45) is 9.51. The lowest BCUT2D eigenvalue weighted by Gasteiger charge is -2.26. The molecule has 0 aliphatic heterocycles. The quantitative estimate of drug-likeness (QED) is 0.177. The zero-order chi connectivity index (χ0) is 18.8. The van der Waals surface area contributed by atoms with Crippen molar-refractivity contribution in [2.24, 2.45) is 0 Å². The van der Waals surface area contributed by atoms with Crippen LogP contribution in [-0.4, -0.2) is 11.5 Å². The van der Waals surface area contributed by atoms with E-state index in [1.54, 1.807) is 0 Å². The van der Waals surface area contributed by atoms with E-state index in [0.29, 0.717) is 0 Å². The van der Waals surface area contributed by atoms with Crippen molar-refractivity contribution in [2.45, 2.75) is 19.3 Å². The zero-order valence-electron chi connectivity index (χ0n) is 16.1. The van der Waals surface area contributed by atoms with Crippen molar-refractivity contribution < 1.29 is 17.0 Å². The topological polar surface area (TPSA) is 0 Å². The van der Waals surface area contributed by atoms with Gasteiger partial charge in [-0.15, -0.1) is 0 Å². The van der Waals surface area contributed by atoms with Gasteiger partial charge in [0.05, 0.1) is 6.16 Å². The van der Waals surface area contributed by atoms with Gasteiger partial charge in [-0.3, -0.25) is 0 Å². The number of rotatable bonds is 9. The van der Waals surface area contributed by atoms with Crippen LogP contribution in [0.3, 0.4) is 0 Å². The molecule has 146 valence electrons. The SMILES string of the molecule is BrCCCCC=CC[P+](c1ccccc1)(c1ccccc1)c1ccccc1.[Br-]. The minimum Gasteiger partial charge on any atom is -1.00 e. The molecule has 0 fully saturated rings. The fraction of sp³-hybridized carbons (Fsp3) is 0.200. The Bertz CT molecular complexity index is 720. The van der Waals surface area contributed by atoms with E-state index < -0.39 is 7.26 Å². The summed E-state index contributed by atoms with van der Waals surface area (Å²) < 4.78 is 0. The molecule has 0 atom stereocenters. The van der Waals surface area contributed by atoms with E-state index in [0.717, 1.165) is 17.9 Å². The number of alkyl halides is 1. The lowest BCUT2D eigenvalue weighted by molar-refractivity contribution is -0.00000519. The van der Waals surface area contributed by atoms with Crippen molar-refractivity contribution in [3.8, 4) is 0 Å². The van der Waals surface area contributed by atoms with Crippen LogP contribution in [0.5, 0.6) is 0 Å². The number of hydrogen-bond acceptors (Lipinski definition) is 0. The summed E-state index contributed by atoms with van der Waals surface area (Å²) in [5.74, 6) is 0. The van der Waals surface area contributed by atoms with Gasteiger partial charge in [-0.25, -0.2) is 0 Å². The third kappa shape index (κ3) is 5.66. The molecule has 0 aliphatic rings. The van der Waals surface area contributed by atoms with Crippen LogP contribution in [-0.2, 0) is 0 Å². The zero-order valence-corrected chi connectivity index (χ0v) is 20.1. The minimum absolute atomic E-state index is 0. The van der Waals surface area contributed by atoms with Gasteiger partial charge in [-0.05, 0) is 55.7 Å². The Morgan fingerprint density at radius 1 is 0.607 bits per heavy atom. The van der Waals surface area contributed by atoms with Crippen molar-refractivity contribution >= 4 is 39.1 Å². The molecule has 0 radical (unpaired) electrons. The Kier molecular flexibility index (Phi) is 10.2. The van der Waals surface area contributed by atoms with E-state index in [9.17, 15) is 0 Å². The predicted molar refractivity (Wildman–Crippen MR) is 127 cm³/mol. The summed E-state index contributed by atoms with van der Waals surface area (Å²) in [5, 5.41) is 5.45. The second-order valence-corrected chi connectivity index (χ2v) is 11.0. The summed E-state index contributed by atoms with van der Waals surface area (Å²) in [6, 6.07) is 33.3. The van der Waals surface area contributed by atoms with Gasteiger partial charge in [0, 0.05) is 5.33 Å². The largest absolute Gasteiger partial charge is 1.00 e. The van der Waals surface area contributed by atoms with Crippen LogP contribution in [0.2, 0.25) is 0 Å². The van der Waals surface area contributed by atoms with E-state index in [-0.39, 0.29) is 17.0 Å². The maximum atomic E-state index is 3.52. The first-order valence-electron chi connectivity index (χ1n) is 9.64. The van der Waals surface area contributed by atoms with Gasteiger partial charge in [0.1, 0.15) is 23.2 Å². The highest BCUT2D eigenvalue weighted by atomic mass is 79.9. The molecule has 3 aromatic carbocycles. The number of benzene rings is 3. The lowest BCUT2D eigenvalue weighted by Crippen LogP contribution is -3.00. The van der Waals surface area contributed by atoms with Crippen molar-refractivity contribution in [3.05, 3.63) is 103 Å². The molecule has 0 heterocycles. The molecule has 3 rings (SSSR count). The number of unbranched alkanes of at least 4 members (excludes halogenated alkanes) is 2. The van der Waals surface area contributed by atoms with Gasteiger partial charge in [0.15, 0.2) is 0 Å². The molecule has 3 aromatic rings. The Labute approximate surface area is 189 Å². The molecular weight excluding hydrogens is 491 g/mol. The van der Waals surface area contributed by atoms with E-state index >= 15 is 0 Å². The molecule has 0 amide bonds. The highest BCUT2D eigenvalue weighted by Crippen LogP contribution is 2.55. The van der Waals surface area contributed by atoms with Crippen LogP contribution < -0.4 is 32.9 Å². The third-order valence-corrected chi connectivity index (χ3v) is 9.75. The third-order valence-electron chi connectivity index (χ3n) is 4.89. The lowest BCUT2D eigenvalue weighted by atomic mass is 10.2. The van der Waals surface area contributed by atoms with E-state index in [1.807, 2.05) is 0 Å². The molecule has 0 saturated carbocycles. The molecular formula is C25H27Br2P. The fourth-order valence-corrected chi connectivity index (χ4v) is 7.95. The van der Waals surface area contributed by atoms with Crippen LogP contribution in [0.25, 0.3) is 0 Å². The summed E-state index contributed by atoms with van der Waals surface area (Å²) in [4.78, 5) is 0. The maximum Gasteiger partial charge on any atom is 0.115 e. The van der Waals surface area contributed by atoms with Crippen molar-refractivity contribution in [1.82, 2.24) is 0 Å². The predicted octanol–water partition coefficient (Wildman–Crippen LogP) is 3.11. The molecule has 0 aliphatic carbocycles. The van der Waals surface area contributed by atoms with E-state index in [1.165, 1.54) is 28.8 Å². The van der Waals surface area contributed by atoms with Gasteiger partial charge >= 0.3 is 0 Å². The van der Waals surface area contributed by atoms with Crippen LogP contribution >= 0.6 is 23.2 Å². The molecule has 0 unspecified atom stereocenters. The van der Waals surface area contributed by atoms with Gasteiger partial charge in [0.2, 0.25) is 0 Å². The first-order valence-corrected chi connectivity index (χ1v) is 12.7. The van der Waals surface area contributed by atoms with E-state index in [2.05, 4.69) is 119 Å². The van der Waals surface area contributed by atoms with Crippen molar-refractivity contribution in [2.75, 3.05) is 11.5 Å². The first-order chi connectivity index (χ1) is 13.4. The fourth-order valence-electron chi connectivity index (χ4n) is 3.52. The minimum atomic E-state index is -1.70. The highest BCUT2D eigenvalue weighted by molar-refractivity contribution is 9.09. The molecule has 0 bridgehead atoms. The second kappa shape index (κ2) is 12.4. The summed E-state index contributed by atoms with van der Waals surface area (Å²) in [5.41, 5.74) is 0. The number of halogens is 2. The summed E-state index contributed by atoms with van der Waals surface area (Å²) in [7, 11) is -1.70. The monoisotopic (exact) mass is 516 g/mol. The van der Waals surface area contributed by atoms with Gasteiger partial charge < -0.3 is 17.0 Å². The van der Waals surface area contributed by atoms with Crippen LogP contribution in [0.4, 0.5) is 0 Å². The van der Waals surface area contributed by atoms with Crippen LogP contribution in [0.15, 0.2) is 103 Å². The first kappa shape index (κ1) is 23.1. The van der Waals surface area contributed by atoms with Gasteiger partial charge in [-0.2, -0.15) is 0 Å². The van der Waals surface area contributed by atoms with Gasteiger partial charge in [-0.1, -0.05) is 82.7 Å². The van der Waals surface area contributed by atoms with Gasteiger partial charge in [0.25, 0.3) is 0 Å². The Hall–Kier alpha value is -1.21. The number of hydrogen-bond donors (Lipinski definition) is 0. The smallest absolute Gasteiger partial charge is 0.115 e. The average Bonchev–Trinajstić information content (AvgIpc) is 2.75. The Morgan fingerprint density at radius 2 is 1.04 bits per heavy atom. The molecule has 28 heavy (non-hydrogen) atoms. The van der Waals surface area contributed by atoms with Crippen molar-refractivity contribution in [1.29, 1.82) is 0 Å². The molecule has 0 N–H and O–H groups in total. The second-order valence-electron chi connectivity index (χ2n) is 6.66. The summed E-state index contributed by atoms with van der Waals surface area (Å²) >= 11 is 3.52. The molecule has 0 spiro atoms. The number of allylic oxidation sites excluding steroid dienone is 2.